The lowest BCUT2D eigenvalue weighted by molar-refractivity contribution is 0.356. The van der Waals surface area contributed by atoms with E-state index in [2.05, 4.69) is 33.1 Å². The Morgan fingerprint density at radius 2 is 2.00 bits per heavy atom. The third-order valence-electron chi connectivity index (χ3n) is 4.66. The molecule has 0 radical (unpaired) electrons. The standard InChI is InChI=1S/C16H21BrClFN2/c1-2-5-20-11-8-12-3-4-13(9-11)21(12)16-14(17)6-10(19)7-15(16)18/h6-7,11-13,20H,2-5,8-9H2,1H3. The fourth-order valence-corrected chi connectivity index (χ4v) is 4.89. The molecule has 1 aromatic rings. The molecule has 116 valence electrons. The van der Waals surface area contributed by atoms with Crippen LogP contribution in [0.1, 0.15) is 39.0 Å². The summed E-state index contributed by atoms with van der Waals surface area (Å²) in [6.07, 6.45) is 5.88. The molecule has 0 saturated carbocycles. The zero-order valence-corrected chi connectivity index (χ0v) is 14.6. The molecular formula is C16H21BrClFN2. The molecule has 21 heavy (non-hydrogen) atoms. The quantitative estimate of drug-likeness (QED) is 0.817. The predicted molar refractivity (Wildman–Crippen MR) is 89.7 cm³/mol. The zero-order valence-electron chi connectivity index (χ0n) is 12.2. The highest BCUT2D eigenvalue weighted by atomic mass is 79.9. The number of anilines is 1. The van der Waals surface area contributed by atoms with E-state index in [0.29, 0.717) is 23.1 Å². The van der Waals surface area contributed by atoms with Crippen molar-refractivity contribution in [3.05, 3.63) is 27.4 Å². The molecule has 2 aliphatic rings. The zero-order chi connectivity index (χ0) is 15.0. The largest absolute Gasteiger partial charge is 0.363 e. The molecule has 0 aromatic heterocycles. The fourth-order valence-electron chi connectivity index (χ4n) is 3.84. The topological polar surface area (TPSA) is 15.3 Å². The van der Waals surface area contributed by atoms with Gasteiger partial charge >= 0.3 is 0 Å². The maximum absolute atomic E-state index is 13.4. The summed E-state index contributed by atoms with van der Waals surface area (Å²) in [5.41, 5.74) is 0.972. The van der Waals surface area contributed by atoms with Gasteiger partial charge in [0.1, 0.15) is 5.82 Å². The second kappa shape index (κ2) is 6.43. The number of fused-ring (bicyclic) bond motifs is 2. The van der Waals surface area contributed by atoms with E-state index in [4.69, 9.17) is 11.6 Å². The highest BCUT2D eigenvalue weighted by Gasteiger charge is 2.41. The van der Waals surface area contributed by atoms with Gasteiger partial charge in [-0.05, 0) is 66.7 Å². The fraction of sp³-hybridized carbons (Fsp3) is 0.625. The molecule has 1 N–H and O–H groups in total. The number of halogens is 3. The lowest BCUT2D eigenvalue weighted by Gasteiger charge is -2.41. The number of rotatable bonds is 4. The van der Waals surface area contributed by atoms with Crippen LogP contribution in [0.2, 0.25) is 5.02 Å². The van der Waals surface area contributed by atoms with Gasteiger partial charge in [0.05, 0.1) is 10.7 Å². The summed E-state index contributed by atoms with van der Waals surface area (Å²) in [5.74, 6) is -0.289. The van der Waals surface area contributed by atoms with E-state index >= 15 is 0 Å². The first-order valence-electron chi connectivity index (χ1n) is 7.76. The molecule has 3 rings (SSSR count). The summed E-state index contributed by atoms with van der Waals surface area (Å²) in [4.78, 5) is 2.43. The molecule has 2 aliphatic heterocycles. The normalized spacial score (nSPS) is 28.2. The Kier molecular flexibility index (Phi) is 4.77. The Morgan fingerprint density at radius 3 is 2.57 bits per heavy atom. The molecule has 0 spiro atoms. The van der Waals surface area contributed by atoms with E-state index in [-0.39, 0.29) is 5.82 Å². The van der Waals surface area contributed by atoms with Crippen molar-refractivity contribution in [1.82, 2.24) is 5.32 Å². The van der Waals surface area contributed by atoms with Crippen LogP contribution in [0, 0.1) is 5.82 Å². The second-order valence-electron chi connectivity index (χ2n) is 6.13. The van der Waals surface area contributed by atoms with Crippen molar-refractivity contribution in [2.24, 2.45) is 0 Å². The second-order valence-corrected chi connectivity index (χ2v) is 7.39. The minimum absolute atomic E-state index is 0.289. The van der Waals surface area contributed by atoms with Crippen LogP contribution in [0.4, 0.5) is 10.1 Å². The van der Waals surface area contributed by atoms with Crippen molar-refractivity contribution in [2.45, 2.75) is 57.2 Å². The number of piperidine rings is 1. The first-order chi connectivity index (χ1) is 10.1. The van der Waals surface area contributed by atoms with E-state index in [1.54, 1.807) is 0 Å². The molecule has 2 atom stereocenters. The van der Waals surface area contributed by atoms with Gasteiger partial charge in [-0.1, -0.05) is 18.5 Å². The van der Waals surface area contributed by atoms with Crippen LogP contribution >= 0.6 is 27.5 Å². The van der Waals surface area contributed by atoms with E-state index < -0.39 is 0 Å². The number of hydrogen-bond donors (Lipinski definition) is 1. The van der Waals surface area contributed by atoms with E-state index in [0.717, 1.165) is 29.5 Å². The van der Waals surface area contributed by atoms with Gasteiger partial charge in [0.2, 0.25) is 0 Å². The Morgan fingerprint density at radius 1 is 1.33 bits per heavy atom. The summed E-state index contributed by atoms with van der Waals surface area (Å²) in [6.45, 7) is 3.29. The van der Waals surface area contributed by atoms with Gasteiger partial charge in [0.15, 0.2) is 0 Å². The number of hydrogen-bond acceptors (Lipinski definition) is 2. The highest BCUT2D eigenvalue weighted by Crippen LogP contribution is 2.45. The van der Waals surface area contributed by atoms with Gasteiger partial charge in [0, 0.05) is 22.6 Å². The van der Waals surface area contributed by atoms with Crippen LogP contribution in [-0.4, -0.2) is 24.7 Å². The van der Waals surface area contributed by atoms with Crippen molar-refractivity contribution in [3.63, 3.8) is 0 Å². The number of nitrogens with one attached hydrogen (secondary N) is 1. The van der Waals surface area contributed by atoms with Gasteiger partial charge in [-0.3, -0.25) is 0 Å². The van der Waals surface area contributed by atoms with Crippen LogP contribution in [0.5, 0.6) is 0 Å². The Hall–Kier alpha value is -0.320. The van der Waals surface area contributed by atoms with E-state index in [1.807, 2.05) is 0 Å². The molecule has 5 heteroatoms. The summed E-state index contributed by atoms with van der Waals surface area (Å²) in [7, 11) is 0. The lowest BCUT2D eigenvalue weighted by atomic mass is 9.96. The van der Waals surface area contributed by atoms with Gasteiger partial charge < -0.3 is 10.2 Å². The smallest absolute Gasteiger partial charge is 0.125 e. The summed E-state index contributed by atoms with van der Waals surface area (Å²) >= 11 is 9.81. The molecule has 0 aliphatic carbocycles. The molecule has 2 saturated heterocycles. The maximum Gasteiger partial charge on any atom is 0.125 e. The third-order valence-corrected chi connectivity index (χ3v) is 5.55. The van der Waals surface area contributed by atoms with Crippen LogP contribution in [0.25, 0.3) is 0 Å². The van der Waals surface area contributed by atoms with Crippen molar-refractivity contribution < 1.29 is 4.39 Å². The molecule has 2 heterocycles. The summed E-state index contributed by atoms with van der Waals surface area (Å²) in [5, 5.41) is 4.16. The summed E-state index contributed by atoms with van der Waals surface area (Å²) in [6, 6.07) is 4.57. The van der Waals surface area contributed by atoms with Crippen molar-refractivity contribution in [2.75, 3.05) is 11.4 Å². The van der Waals surface area contributed by atoms with E-state index in [9.17, 15) is 4.39 Å². The first kappa shape index (κ1) is 15.6. The first-order valence-corrected chi connectivity index (χ1v) is 8.93. The summed E-state index contributed by atoms with van der Waals surface area (Å²) < 4.78 is 14.2. The van der Waals surface area contributed by atoms with Crippen LogP contribution < -0.4 is 10.2 Å². The van der Waals surface area contributed by atoms with Crippen molar-refractivity contribution in [3.8, 4) is 0 Å². The molecule has 2 unspecified atom stereocenters. The molecule has 0 amide bonds. The lowest BCUT2D eigenvalue weighted by Crippen LogP contribution is -2.49. The Balaban J connectivity index is 1.82. The van der Waals surface area contributed by atoms with Crippen LogP contribution in [0.15, 0.2) is 16.6 Å². The minimum atomic E-state index is -0.289. The Bertz CT molecular complexity index is 488. The van der Waals surface area contributed by atoms with Gasteiger partial charge in [-0.25, -0.2) is 4.39 Å². The van der Waals surface area contributed by atoms with Crippen molar-refractivity contribution in [1.29, 1.82) is 0 Å². The third kappa shape index (κ3) is 3.08. The van der Waals surface area contributed by atoms with Crippen LogP contribution in [-0.2, 0) is 0 Å². The SMILES string of the molecule is CCCNC1CC2CCC(C1)N2c1c(Cl)cc(F)cc1Br. The van der Waals surface area contributed by atoms with Crippen molar-refractivity contribution >= 4 is 33.2 Å². The number of benzene rings is 1. The highest BCUT2D eigenvalue weighted by molar-refractivity contribution is 9.10. The van der Waals surface area contributed by atoms with Gasteiger partial charge in [-0.2, -0.15) is 0 Å². The molecule has 2 nitrogen and oxygen atoms in total. The maximum atomic E-state index is 13.4. The van der Waals surface area contributed by atoms with E-state index in [1.165, 1.54) is 31.4 Å². The average molecular weight is 376 g/mol. The monoisotopic (exact) mass is 374 g/mol. The minimum Gasteiger partial charge on any atom is -0.363 e. The average Bonchev–Trinajstić information content (AvgIpc) is 2.68. The molecule has 2 fully saturated rings. The molecule has 2 bridgehead atoms. The number of nitrogens with zero attached hydrogens (tertiary/aromatic N) is 1. The Labute approximate surface area is 139 Å². The van der Waals surface area contributed by atoms with Crippen LogP contribution in [0.3, 0.4) is 0 Å². The predicted octanol–water partition coefficient (Wildman–Crippen LogP) is 4.74. The van der Waals surface area contributed by atoms with Gasteiger partial charge in [0.25, 0.3) is 0 Å². The van der Waals surface area contributed by atoms with Gasteiger partial charge in [-0.15, -0.1) is 0 Å². The molecular weight excluding hydrogens is 355 g/mol. The molecule has 1 aromatic carbocycles.